The molecule has 0 amide bonds. The minimum atomic E-state index is -0.0585. The van der Waals surface area contributed by atoms with Crippen molar-refractivity contribution in [3.05, 3.63) is 51.9 Å². The first-order chi connectivity index (χ1) is 9.27. The quantitative estimate of drug-likeness (QED) is 0.848. The van der Waals surface area contributed by atoms with Crippen LogP contribution in [0.1, 0.15) is 17.7 Å². The topological polar surface area (TPSA) is 62.2 Å². The predicted octanol–water partition coefficient (Wildman–Crippen LogP) is 1.21. The van der Waals surface area contributed by atoms with Gasteiger partial charge in [0.2, 0.25) is 0 Å². The number of hydrogen-bond donors (Lipinski definition) is 2. The van der Waals surface area contributed by atoms with E-state index >= 15 is 0 Å². The number of hydrogen-bond acceptors (Lipinski definition) is 3. The van der Waals surface area contributed by atoms with E-state index in [1.54, 1.807) is 4.68 Å². The van der Waals surface area contributed by atoms with E-state index in [4.69, 9.17) is 0 Å². The Bertz CT molecular complexity index is 666. The van der Waals surface area contributed by atoms with Crippen LogP contribution in [0.15, 0.2) is 40.1 Å². The van der Waals surface area contributed by atoms with Gasteiger partial charge in [-0.05, 0) is 25.5 Å². The molecule has 3 rings (SSSR count). The van der Waals surface area contributed by atoms with Crippen molar-refractivity contribution in [2.24, 2.45) is 4.99 Å². The summed E-state index contributed by atoms with van der Waals surface area (Å²) in [5.74, 6) is 0.708. The maximum Gasteiger partial charge on any atom is 0.282 e. The van der Waals surface area contributed by atoms with Crippen molar-refractivity contribution in [1.82, 2.24) is 15.1 Å². The molecule has 0 radical (unpaired) electrons. The molecular formula is C14H16N4O. The summed E-state index contributed by atoms with van der Waals surface area (Å²) in [4.78, 5) is 16.9. The largest absolute Gasteiger partial charge is 0.370 e. The van der Waals surface area contributed by atoms with Crippen LogP contribution >= 0.6 is 0 Å². The lowest BCUT2D eigenvalue weighted by Crippen LogP contribution is -2.34. The molecule has 1 aromatic carbocycles. The van der Waals surface area contributed by atoms with E-state index in [0.717, 1.165) is 30.9 Å². The van der Waals surface area contributed by atoms with E-state index in [-0.39, 0.29) is 5.56 Å². The Morgan fingerprint density at radius 2 is 2.05 bits per heavy atom. The molecular weight excluding hydrogens is 240 g/mol. The number of amidine groups is 1. The Morgan fingerprint density at radius 3 is 2.74 bits per heavy atom. The van der Waals surface area contributed by atoms with Gasteiger partial charge >= 0.3 is 0 Å². The van der Waals surface area contributed by atoms with Crippen molar-refractivity contribution in [3.63, 3.8) is 0 Å². The average Bonchev–Trinajstić information content (AvgIpc) is 2.76. The minimum absolute atomic E-state index is 0.0585. The van der Waals surface area contributed by atoms with Gasteiger partial charge in [0.1, 0.15) is 11.4 Å². The zero-order chi connectivity index (χ0) is 13.2. The molecule has 0 aliphatic carbocycles. The molecule has 0 saturated carbocycles. The van der Waals surface area contributed by atoms with Crippen LogP contribution in [0.2, 0.25) is 0 Å². The van der Waals surface area contributed by atoms with Crippen LogP contribution < -0.4 is 10.9 Å². The first kappa shape index (κ1) is 11.8. The van der Waals surface area contributed by atoms with Crippen LogP contribution in [0.4, 0.5) is 0 Å². The third-order valence-corrected chi connectivity index (χ3v) is 3.22. The normalized spacial score (nSPS) is 14.9. The summed E-state index contributed by atoms with van der Waals surface area (Å²) in [6.07, 6.45) is 1.01. The van der Waals surface area contributed by atoms with Gasteiger partial charge in [-0.1, -0.05) is 18.2 Å². The Balaban J connectivity index is 2.11. The number of aromatic nitrogens is 2. The first-order valence-corrected chi connectivity index (χ1v) is 6.43. The summed E-state index contributed by atoms with van der Waals surface area (Å²) in [6.45, 7) is 3.54. The molecule has 5 heteroatoms. The summed E-state index contributed by atoms with van der Waals surface area (Å²) in [7, 11) is 0. The van der Waals surface area contributed by atoms with Crippen LogP contribution in [-0.2, 0) is 0 Å². The maximum absolute atomic E-state index is 12.5. The SMILES string of the molecule is Cc1[nH]n(-c2ccccc2)c(=O)c1C1=NCCCN1. The second-order valence-electron chi connectivity index (χ2n) is 4.60. The summed E-state index contributed by atoms with van der Waals surface area (Å²) in [5.41, 5.74) is 2.25. The lowest BCUT2D eigenvalue weighted by atomic mass is 10.2. The van der Waals surface area contributed by atoms with Gasteiger partial charge in [0.25, 0.3) is 5.56 Å². The maximum atomic E-state index is 12.5. The van der Waals surface area contributed by atoms with Crippen molar-refractivity contribution >= 4 is 5.84 Å². The van der Waals surface area contributed by atoms with Gasteiger partial charge in [-0.3, -0.25) is 14.9 Å². The molecule has 2 aromatic rings. The van der Waals surface area contributed by atoms with Crippen LogP contribution in [0.25, 0.3) is 5.69 Å². The molecule has 0 saturated heterocycles. The van der Waals surface area contributed by atoms with Crippen molar-refractivity contribution in [2.75, 3.05) is 13.1 Å². The highest BCUT2D eigenvalue weighted by atomic mass is 16.1. The van der Waals surface area contributed by atoms with E-state index < -0.39 is 0 Å². The monoisotopic (exact) mass is 256 g/mol. The third-order valence-electron chi connectivity index (χ3n) is 3.22. The lowest BCUT2D eigenvalue weighted by Gasteiger charge is -2.12. The lowest BCUT2D eigenvalue weighted by molar-refractivity contribution is 0.741. The molecule has 5 nitrogen and oxygen atoms in total. The van der Waals surface area contributed by atoms with E-state index in [1.807, 2.05) is 37.3 Å². The van der Waals surface area contributed by atoms with Gasteiger partial charge in [-0.2, -0.15) is 0 Å². The van der Waals surface area contributed by atoms with Crippen LogP contribution in [0.3, 0.4) is 0 Å². The number of nitrogens with one attached hydrogen (secondary N) is 2. The highest BCUT2D eigenvalue weighted by molar-refractivity contribution is 5.99. The molecule has 98 valence electrons. The predicted molar refractivity (Wildman–Crippen MR) is 75.2 cm³/mol. The number of aromatic amines is 1. The fraction of sp³-hybridized carbons (Fsp3) is 0.286. The average molecular weight is 256 g/mol. The zero-order valence-electron chi connectivity index (χ0n) is 10.8. The van der Waals surface area contributed by atoms with E-state index in [2.05, 4.69) is 15.4 Å². The number of aryl methyl sites for hydroxylation is 1. The van der Waals surface area contributed by atoms with Crippen molar-refractivity contribution < 1.29 is 0 Å². The van der Waals surface area contributed by atoms with Gasteiger partial charge in [-0.15, -0.1) is 0 Å². The molecule has 2 N–H and O–H groups in total. The van der Waals surface area contributed by atoms with Crippen molar-refractivity contribution in [3.8, 4) is 5.69 Å². The molecule has 19 heavy (non-hydrogen) atoms. The molecule has 0 fully saturated rings. The number of para-hydroxylation sites is 1. The molecule has 0 unspecified atom stereocenters. The fourth-order valence-electron chi connectivity index (χ4n) is 2.28. The van der Waals surface area contributed by atoms with Crippen LogP contribution in [0, 0.1) is 6.92 Å². The Kier molecular flexibility index (Phi) is 2.95. The number of aliphatic imine (C=N–C) groups is 1. The zero-order valence-corrected chi connectivity index (χ0v) is 10.8. The molecule has 0 spiro atoms. The second-order valence-corrected chi connectivity index (χ2v) is 4.60. The summed E-state index contributed by atoms with van der Waals surface area (Å²) in [5, 5.41) is 6.31. The van der Waals surface area contributed by atoms with E-state index in [9.17, 15) is 4.79 Å². The van der Waals surface area contributed by atoms with Gasteiger partial charge in [-0.25, -0.2) is 4.68 Å². The standard InChI is InChI=1S/C14H16N4O/c1-10-12(13-15-8-5-9-16-13)14(19)18(17-10)11-6-3-2-4-7-11/h2-4,6-7,17H,5,8-9H2,1H3,(H,15,16). The van der Waals surface area contributed by atoms with Gasteiger partial charge in [0.05, 0.1) is 5.69 Å². The van der Waals surface area contributed by atoms with E-state index in [1.165, 1.54) is 0 Å². The minimum Gasteiger partial charge on any atom is -0.370 e. The van der Waals surface area contributed by atoms with Crippen molar-refractivity contribution in [2.45, 2.75) is 13.3 Å². The molecule has 1 aliphatic heterocycles. The first-order valence-electron chi connectivity index (χ1n) is 6.43. The Labute approximate surface area is 111 Å². The second kappa shape index (κ2) is 4.76. The molecule has 1 aliphatic rings. The summed E-state index contributed by atoms with van der Waals surface area (Å²) >= 11 is 0. The number of benzene rings is 1. The highest BCUT2D eigenvalue weighted by Crippen LogP contribution is 2.08. The molecule has 2 heterocycles. The third kappa shape index (κ3) is 2.07. The smallest absolute Gasteiger partial charge is 0.282 e. The Hall–Kier alpha value is -2.30. The molecule has 0 bridgehead atoms. The molecule has 1 aromatic heterocycles. The van der Waals surface area contributed by atoms with Crippen molar-refractivity contribution in [1.29, 1.82) is 0 Å². The van der Waals surface area contributed by atoms with Crippen LogP contribution in [-0.4, -0.2) is 28.7 Å². The van der Waals surface area contributed by atoms with Gasteiger partial charge in [0, 0.05) is 18.8 Å². The van der Waals surface area contributed by atoms with E-state index in [0.29, 0.717) is 11.4 Å². The Morgan fingerprint density at radius 1 is 1.26 bits per heavy atom. The fourth-order valence-corrected chi connectivity index (χ4v) is 2.28. The summed E-state index contributed by atoms with van der Waals surface area (Å²) in [6, 6.07) is 9.55. The van der Waals surface area contributed by atoms with Gasteiger partial charge in [0.15, 0.2) is 0 Å². The van der Waals surface area contributed by atoms with Crippen LogP contribution in [0.5, 0.6) is 0 Å². The highest BCUT2D eigenvalue weighted by Gasteiger charge is 2.18. The molecule has 0 atom stereocenters. The summed E-state index contributed by atoms with van der Waals surface area (Å²) < 4.78 is 1.56. The number of nitrogens with zero attached hydrogens (tertiary/aromatic N) is 2. The van der Waals surface area contributed by atoms with Gasteiger partial charge < -0.3 is 5.32 Å². The number of rotatable bonds is 2. The number of H-pyrrole nitrogens is 1.